The Morgan fingerprint density at radius 3 is 2.27 bits per heavy atom. The van der Waals surface area contributed by atoms with E-state index in [2.05, 4.69) is 23.6 Å². The lowest BCUT2D eigenvalue weighted by Crippen LogP contribution is -2.66. The van der Waals surface area contributed by atoms with Crippen LogP contribution in [0.15, 0.2) is 35.4 Å². The van der Waals surface area contributed by atoms with E-state index in [1.165, 1.54) is 13.5 Å². The number of rotatable bonds is 6. The average Bonchev–Trinajstić information content (AvgIpc) is 2.73. The minimum Gasteiger partial charge on any atom is -0.465 e. The number of anilines is 1. The number of alkyl halides is 2. The predicted octanol–water partition coefficient (Wildman–Crippen LogP) is 5.54. The SMILES string of the molecule is COC(=O)c1ccc(N2CCN(CC3=C(C45CC(C(F)F)(C4)C5)CCC(C)(C)C3)CC2)cc1. The fourth-order valence-electron chi connectivity index (χ4n) is 6.98. The largest absolute Gasteiger partial charge is 0.465 e. The van der Waals surface area contributed by atoms with E-state index in [4.69, 9.17) is 4.74 Å². The van der Waals surface area contributed by atoms with Crippen LogP contribution in [0.4, 0.5) is 14.5 Å². The molecule has 4 nitrogen and oxygen atoms in total. The number of carbonyl (C=O) groups is 1. The lowest BCUT2D eigenvalue weighted by atomic mass is 9.32. The van der Waals surface area contributed by atoms with Crippen LogP contribution in [0.25, 0.3) is 0 Å². The molecule has 0 unspecified atom stereocenters. The van der Waals surface area contributed by atoms with Crippen molar-refractivity contribution in [2.24, 2.45) is 16.2 Å². The summed E-state index contributed by atoms with van der Waals surface area (Å²) in [5.74, 6) is -0.311. The maximum Gasteiger partial charge on any atom is 0.337 e. The molecular weight excluding hydrogens is 422 g/mol. The maximum absolute atomic E-state index is 13.4. The van der Waals surface area contributed by atoms with Crippen molar-refractivity contribution in [1.29, 1.82) is 0 Å². The zero-order valence-corrected chi connectivity index (χ0v) is 20.1. The molecule has 0 radical (unpaired) electrons. The molecule has 1 aromatic carbocycles. The van der Waals surface area contributed by atoms with Gasteiger partial charge in [0.2, 0.25) is 6.43 Å². The molecule has 0 aromatic heterocycles. The van der Waals surface area contributed by atoms with E-state index in [0.29, 0.717) is 30.2 Å². The number of halogens is 2. The first-order chi connectivity index (χ1) is 15.7. The molecule has 1 saturated heterocycles. The van der Waals surface area contributed by atoms with Crippen LogP contribution in [-0.4, -0.2) is 57.1 Å². The summed E-state index contributed by atoms with van der Waals surface area (Å²) in [5.41, 5.74) is 4.54. The number of nitrogens with zero attached hydrogens (tertiary/aromatic N) is 2. The Kier molecular flexibility index (Phi) is 5.58. The van der Waals surface area contributed by atoms with E-state index in [1.54, 1.807) is 11.1 Å². The fourth-order valence-corrected chi connectivity index (χ4v) is 6.98. The third-order valence-corrected chi connectivity index (χ3v) is 8.79. The van der Waals surface area contributed by atoms with Crippen LogP contribution in [0, 0.1) is 16.2 Å². The van der Waals surface area contributed by atoms with E-state index in [9.17, 15) is 13.6 Å². The first kappa shape index (κ1) is 22.8. The summed E-state index contributed by atoms with van der Waals surface area (Å²) < 4.78 is 31.7. The topological polar surface area (TPSA) is 32.8 Å². The molecule has 180 valence electrons. The van der Waals surface area contributed by atoms with Gasteiger partial charge in [-0.05, 0) is 73.6 Å². The smallest absolute Gasteiger partial charge is 0.337 e. The number of ether oxygens (including phenoxy) is 1. The molecule has 1 aliphatic heterocycles. The molecule has 33 heavy (non-hydrogen) atoms. The van der Waals surface area contributed by atoms with E-state index in [-0.39, 0.29) is 11.4 Å². The van der Waals surface area contributed by atoms with Crippen molar-refractivity contribution in [1.82, 2.24) is 4.90 Å². The van der Waals surface area contributed by atoms with E-state index in [0.717, 1.165) is 51.3 Å². The van der Waals surface area contributed by atoms with Gasteiger partial charge in [-0.2, -0.15) is 0 Å². The lowest BCUT2D eigenvalue weighted by Gasteiger charge is -2.72. The molecule has 6 heteroatoms. The second-order valence-electron chi connectivity index (χ2n) is 11.7. The van der Waals surface area contributed by atoms with Crippen LogP contribution >= 0.6 is 0 Å². The number of allylic oxidation sites excluding steroid dienone is 1. The van der Waals surface area contributed by atoms with Gasteiger partial charge in [0.05, 0.1) is 12.7 Å². The maximum atomic E-state index is 13.4. The number of hydrogen-bond donors (Lipinski definition) is 0. The molecule has 0 atom stereocenters. The summed E-state index contributed by atoms with van der Waals surface area (Å²) in [6, 6.07) is 7.64. The van der Waals surface area contributed by atoms with Crippen LogP contribution < -0.4 is 4.90 Å². The van der Waals surface area contributed by atoms with E-state index >= 15 is 0 Å². The molecule has 4 fully saturated rings. The van der Waals surface area contributed by atoms with Crippen molar-refractivity contribution in [2.45, 2.75) is 58.8 Å². The van der Waals surface area contributed by atoms with Crippen LogP contribution in [0.3, 0.4) is 0 Å². The number of hydrogen-bond acceptors (Lipinski definition) is 4. The van der Waals surface area contributed by atoms with Gasteiger partial charge in [-0.1, -0.05) is 25.0 Å². The van der Waals surface area contributed by atoms with Crippen molar-refractivity contribution in [3.05, 3.63) is 41.0 Å². The summed E-state index contributed by atoms with van der Waals surface area (Å²) in [4.78, 5) is 16.6. The quantitative estimate of drug-likeness (QED) is 0.414. The molecule has 3 saturated carbocycles. The number of methoxy groups -OCH3 is 1. The summed E-state index contributed by atoms with van der Waals surface area (Å²) in [5, 5.41) is 0. The lowest BCUT2D eigenvalue weighted by molar-refractivity contribution is -0.249. The highest BCUT2D eigenvalue weighted by Crippen LogP contribution is 2.79. The normalized spacial score (nSPS) is 31.3. The Bertz CT molecular complexity index is 926. The Balaban J connectivity index is 1.23. The number of piperazine rings is 1. The van der Waals surface area contributed by atoms with Crippen molar-refractivity contribution in [3.8, 4) is 0 Å². The molecule has 0 spiro atoms. The summed E-state index contributed by atoms with van der Waals surface area (Å²) in [7, 11) is 1.40. The van der Waals surface area contributed by atoms with Gasteiger partial charge >= 0.3 is 5.97 Å². The Labute approximate surface area is 196 Å². The van der Waals surface area contributed by atoms with Gasteiger partial charge in [-0.3, -0.25) is 4.90 Å². The molecule has 2 bridgehead atoms. The monoisotopic (exact) mass is 458 g/mol. The predicted molar refractivity (Wildman–Crippen MR) is 126 cm³/mol. The van der Waals surface area contributed by atoms with Crippen molar-refractivity contribution in [3.63, 3.8) is 0 Å². The van der Waals surface area contributed by atoms with Crippen molar-refractivity contribution >= 4 is 11.7 Å². The van der Waals surface area contributed by atoms with Gasteiger partial charge in [0, 0.05) is 43.8 Å². The molecule has 1 heterocycles. The molecule has 0 N–H and O–H groups in total. The highest BCUT2D eigenvalue weighted by molar-refractivity contribution is 5.89. The highest BCUT2D eigenvalue weighted by atomic mass is 19.3. The molecular formula is C27H36F2N2O2. The summed E-state index contributed by atoms with van der Waals surface area (Å²) >= 11 is 0. The zero-order chi connectivity index (χ0) is 23.4. The molecule has 4 aliphatic carbocycles. The van der Waals surface area contributed by atoms with Gasteiger partial charge in [-0.25, -0.2) is 13.6 Å². The average molecular weight is 459 g/mol. The first-order valence-corrected chi connectivity index (χ1v) is 12.3. The third kappa shape index (κ3) is 3.98. The minimum atomic E-state index is -2.15. The Morgan fingerprint density at radius 1 is 1.06 bits per heavy atom. The van der Waals surface area contributed by atoms with Crippen LogP contribution in [0.2, 0.25) is 0 Å². The van der Waals surface area contributed by atoms with Gasteiger partial charge in [0.1, 0.15) is 0 Å². The van der Waals surface area contributed by atoms with Crippen molar-refractivity contribution in [2.75, 3.05) is 44.7 Å². The second-order valence-corrected chi connectivity index (χ2v) is 11.7. The van der Waals surface area contributed by atoms with Gasteiger partial charge in [-0.15, -0.1) is 0 Å². The van der Waals surface area contributed by atoms with Gasteiger partial charge in [0.15, 0.2) is 0 Å². The molecule has 6 rings (SSSR count). The highest BCUT2D eigenvalue weighted by Gasteiger charge is 2.73. The summed E-state index contributed by atoms with van der Waals surface area (Å²) in [6.45, 7) is 9.56. The standard InChI is InChI=1S/C27H36F2N2O2/c1-25(2)9-8-22(26-16-27(17-26,18-26)24(28)29)20(14-25)15-30-10-12-31(13-11-30)21-6-4-19(5-7-21)23(32)33-3/h4-7,24H,8-18H2,1-3H3. The molecule has 5 aliphatic rings. The van der Waals surface area contributed by atoms with Crippen LogP contribution in [0.5, 0.6) is 0 Å². The van der Waals surface area contributed by atoms with Crippen LogP contribution in [-0.2, 0) is 4.74 Å². The molecule has 0 amide bonds. The molecule has 1 aromatic rings. The minimum absolute atomic E-state index is 0.103. The van der Waals surface area contributed by atoms with Crippen molar-refractivity contribution < 1.29 is 18.3 Å². The second kappa shape index (κ2) is 8.07. The fraction of sp³-hybridized carbons (Fsp3) is 0.667. The number of esters is 1. The van der Waals surface area contributed by atoms with E-state index < -0.39 is 11.8 Å². The number of carbonyl (C=O) groups excluding carboxylic acids is 1. The Morgan fingerprint density at radius 2 is 1.70 bits per heavy atom. The first-order valence-electron chi connectivity index (χ1n) is 12.3. The zero-order valence-electron chi connectivity index (χ0n) is 20.1. The van der Waals surface area contributed by atoms with E-state index in [1.807, 2.05) is 24.3 Å². The van der Waals surface area contributed by atoms with Gasteiger partial charge < -0.3 is 9.64 Å². The van der Waals surface area contributed by atoms with Gasteiger partial charge in [0.25, 0.3) is 0 Å². The Hall–Kier alpha value is -1.95. The third-order valence-electron chi connectivity index (χ3n) is 8.79. The summed E-state index contributed by atoms with van der Waals surface area (Å²) in [6.07, 6.45) is 3.35. The van der Waals surface area contributed by atoms with Crippen LogP contribution in [0.1, 0.15) is 62.7 Å². The number of benzene rings is 1.